The Kier molecular flexibility index (Phi) is 9.66. The Balaban J connectivity index is 0.00000188. The van der Waals surface area contributed by atoms with Gasteiger partial charge in [0, 0.05) is 50.8 Å². The number of aryl methyl sites for hydroxylation is 1. The van der Waals surface area contributed by atoms with Crippen LogP contribution in [0.5, 0.6) is 5.75 Å². The van der Waals surface area contributed by atoms with E-state index in [1.165, 1.54) is 22.8 Å². The Morgan fingerprint density at radius 1 is 1.02 bits per heavy atom. The van der Waals surface area contributed by atoms with Crippen molar-refractivity contribution in [2.45, 2.75) is 53.3 Å². The first-order valence-corrected chi connectivity index (χ1v) is 15.3. The number of ether oxygens (including phenoxy) is 1. The number of nitrogens with zero attached hydrogens (tertiary/aromatic N) is 4. The molecule has 0 aliphatic carbocycles. The summed E-state index contributed by atoms with van der Waals surface area (Å²) in [4.78, 5) is 32.6. The summed E-state index contributed by atoms with van der Waals surface area (Å²) in [6, 6.07) is 16.6. The molecule has 3 heterocycles. The van der Waals surface area contributed by atoms with Crippen molar-refractivity contribution in [3.63, 3.8) is 0 Å². The highest BCUT2D eigenvalue weighted by molar-refractivity contribution is 6.31. The van der Waals surface area contributed by atoms with Gasteiger partial charge in [0.2, 0.25) is 5.91 Å². The minimum absolute atomic E-state index is 0.0727. The van der Waals surface area contributed by atoms with E-state index in [0.29, 0.717) is 28.7 Å². The fourth-order valence-electron chi connectivity index (χ4n) is 5.63. The highest BCUT2D eigenvalue weighted by Crippen LogP contribution is 2.32. The molecule has 1 saturated heterocycles. The molecule has 230 valence electrons. The number of halogens is 2. The Hall–Kier alpha value is -4.21. The summed E-state index contributed by atoms with van der Waals surface area (Å²) in [6.45, 7) is 9.07. The van der Waals surface area contributed by atoms with Gasteiger partial charge >= 0.3 is 6.03 Å². The Bertz CT molecular complexity index is 1650. The van der Waals surface area contributed by atoms with Gasteiger partial charge in [-0.05, 0) is 65.9 Å². The highest BCUT2D eigenvalue weighted by atomic mass is 35.5. The lowest BCUT2D eigenvalue weighted by atomic mass is 9.93. The van der Waals surface area contributed by atoms with Crippen molar-refractivity contribution in [2.75, 3.05) is 18.0 Å². The molecule has 0 spiro atoms. The van der Waals surface area contributed by atoms with Crippen molar-refractivity contribution in [3.05, 3.63) is 99.5 Å². The lowest BCUT2D eigenvalue weighted by Gasteiger charge is -2.30. The van der Waals surface area contributed by atoms with Crippen LogP contribution >= 0.6 is 11.6 Å². The number of hydrogen-bond donors (Lipinski definition) is 1. The van der Waals surface area contributed by atoms with Gasteiger partial charge in [-0.15, -0.1) is 0 Å². The van der Waals surface area contributed by atoms with Crippen LogP contribution in [0, 0.1) is 12.7 Å². The summed E-state index contributed by atoms with van der Waals surface area (Å²) in [5, 5.41) is 2.73. The maximum Gasteiger partial charge on any atom is 0.329 e. The third kappa shape index (κ3) is 6.64. The maximum atomic E-state index is 14.0. The number of amides is 3. The number of imide groups is 1. The van der Waals surface area contributed by atoms with Crippen LogP contribution in [0.2, 0.25) is 5.02 Å². The van der Waals surface area contributed by atoms with Gasteiger partial charge in [0.15, 0.2) is 0 Å². The van der Waals surface area contributed by atoms with E-state index in [4.69, 9.17) is 16.3 Å². The van der Waals surface area contributed by atoms with Crippen LogP contribution in [0.1, 0.15) is 48.1 Å². The maximum absolute atomic E-state index is 14.0. The number of aromatic nitrogens is 2. The van der Waals surface area contributed by atoms with Crippen LogP contribution in [0.3, 0.4) is 0 Å². The zero-order valence-corrected chi connectivity index (χ0v) is 26.2. The number of carbonyl (C=O) groups is 2. The average molecular weight is 618 g/mol. The minimum Gasteiger partial charge on any atom is -0.489 e. The van der Waals surface area contributed by atoms with Gasteiger partial charge in [-0.25, -0.2) is 14.2 Å². The first kappa shape index (κ1) is 31.2. The monoisotopic (exact) mass is 617 g/mol. The third-order valence-electron chi connectivity index (χ3n) is 7.95. The van der Waals surface area contributed by atoms with Gasteiger partial charge in [0.05, 0.1) is 11.2 Å². The average Bonchev–Trinajstić information content (AvgIpc) is 3.38. The lowest BCUT2D eigenvalue weighted by Crippen LogP contribution is -2.50. The van der Waals surface area contributed by atoms with E-state index in [9.17, 15) is 14.0 Å². The smallest absolute Gasteiger partial charge is 0.329 e. The highest BCUT2D eigenvalue weighted by Gasteiger charge is 2.28. The number of benzene rings is 3. The first-order valence-electron chi connectivity index (χ1n) is 14.9. The van der Waals surface area contributed by atoms with Crippen molar-refractivity contribution in [3.8, 4) is 17.1 Å². The van der Waals surface area contributed by atoms with Crippen LogP contribution in [0.15, 0.2) is 60.8 Å². The third-order valence-corrected chi connectivity index (χ3v) is 8.30. The molecule has 1 fully saturated rings. The summed E-state index contributed by atoms with van der Waals surface area (Å²) in [5.74, 6) is 1.48. The van der Waals surface area contributed by atoms with Gasteiger partial charge in [0.1, 0.15) is 29.8 Å². The summed E-state index contributed by atoms with van der Waals surface area (Å²) in [6.07, 6.45) is 2.88. The van der Waals surface area contributed by atoms with Gasteiger partial charge in [-0.3, -0.25) is 19.9 Å². The molecule has 3 amide bonds. The summed E-state index contributed by atoms with van der Waals surface area (Å²) < 4.78 is 21.7. The van der Waals surface area contributed by atoms with E-state index < -0.39 is 6.03 Å². The second kappa shape index (κ2) is 13.6. The molecule has 10 heteroatoms. The topological polar surface area (TPSA) is 79.7 Å². The molecular weight excluding hydrogens is 581 g/mol. The normalized spacial score (nSPS) is 14.9. The van der Waals surface area contributed by atoms with Crippen molar-refractivity contribution in [1.82, 2.24) is 19.8 Å². The number of anilines is 1. The molecule has 0 radical (unpaired) electrons. The second-order valence-corrected chi connectivity index (χ2v) is 11.2. The fraction of sp³-hybridized carbons (Fsp3) is 0.324. The van der Waals surface area contributed by atoms with Crippen molar-refractivity contribution in [2.24, 2.45) is 7.05 Å². The molecule has 2 aliphatic rings. The predicted molar refractivity (Wildman–Crippen MR) is 170 cm³/mol. The number of carbonyl (C=O) groups excluding carboxylic acids is 2. The van der Waals surface area contributed by atoms with Gasteiger partial charge in [-0.1, -0.05) is 49.7 Å². The lowest BCUT2D eigenvalue weighted by molar-refractivity contribution is -0.120. The number of imidazole rings is 1. The zero-order chi connectivity index (χ0) is 31.4. The minimum atomic E-state index is -0.419. The van der Waals surface area contributed by atoms with E-state index in [1.54, 1.807) is 23.2 Å². The molecule has 6 rings (SSSR count). The van der Waals surface area contributed by atoms with Gasteiger partial charge < -0.3 is 9.30 Å². The van der Waals surface area contributed by atoms with Crippen LogP contribution in [-0.4, -0.2) is 39.5 Å². The SMILES string of the molecule is CC.Cc1cc2c(cc1-c1ncc(N3CCC(=O)NC3=O)n1C)CCN(Cc1ccc(OCc3c(F)cccc3Cl)cc1)C2. The summed E-state index contributed by atoms with van der Waals surface area (Å²) in [5.41, 5.74) is 6.28. The largest absolute Gasteiger partial charge is 0.489 e. The molecule has 8 nitrogen and oxygen atoms in total. The summed E-state index contributed by atoms with van der Waals surface area (Å²) >= 11 is 6.11. The van der Waals surface area contributed by atoms with E-state index in [0.717, 1.165) is 43.0 Å². The molecule has 0 atom stereocenters. The number of rotatable bonds is 7. The standard InChI is InChI=1S/C32H31ClFN5O3.C2H6/c1-20-14-23-18-38(17-21-6-8-24(9-7-21)42-19-26-27(33)4-3-5-28(26)34)12-10-22(23)15-25(20)31-35-16-30(37(31)2)39-13-11-29(40)36-32(39)41;1-2/h3-9,14-16H,10-13,17-19H2,1-2H3,(H,36,40,41);1-2H3. The van der Waals surface area contributed by atoms with Crippen LogP contribution in [0.25, 0.3) is 11.4 Å². The molecule has 1 aromatic heterocycles. The molecule has 44 heavy (non-hydrogen) atoms. The van der Waals surface area contributed by atoms with E-state index in [1.807, 2.05) is 49.7 Å². The van der Waals surface area contributed by atoms with Crippen LogP contribution in [-0.2, 0) is 38.0 Å². The summed E-state index contributed by atoms with van der Waals surface area (Å²) in [7, 11) is 1.90. The quantitative estimate of drug-likeness (QED) is 0.247. The molecule has 0 bridgehead atoms. The molecule has 0 saturated carbocycles. The zero-order valence-electron chi connectivity index (χ0n) is 25.5. The molecule has 0 unspecified atom stereocenters. The molecule has 3 aromatic carbocycles. The number of hydrogen-bond acceptors (Lipinski definition) is 5. The van der Waals surface area contributed by atoms with Crippen LogP contribution in [0.4, 0.5) is 15.0 Å². The van der Waals surface area contributed by atoms with E-state index >= 15 is 0 Å². The van der Waals surface area contributed by atoms with Crippen LogP contribution < -0.4 is 15.0 Å². The number of urea groups is 1. The molecule has 2 aliphatic heterocycles. The Morgan fingerprint density at radius 3 is 2.52 bits per heavy atom. The number of fused-ring (bicyclic) bond motifs is 1. The molecule has 1 N–H and O–H groups in total. The van der Waals surface area contributed by atoms with Gasteiger partial charge in [0.25, 0.3) is 0 Å². The second-order valence-electron chi connectivity index (χ2n) is 10.8. The Morgan fingerprint density at radius 2 is 1.80 bits per heavy atom. The molecule has 4 aromatic rings. The van der Waals surface area contributed by atoms with Crippen molar-refractivity contribution < 1.29 is 18.7 Å². The van der Waals surface area contributed by atoms with Crippen molar-refractivity contribution >= 4 is 29.4 Å². The Labute approximate surface area is 262 Å². The predicted octanol–water partition coefficient (Wildman–Crippen LogP) is 6.80. The first-order chi connectivity index (χ1) is 21.3. The van der Waals surface area contributed by atoms with Crippen molar-refractivity contribution in [1.29, 1.82) is 0 Å². The fourth-order valence-corrected chi connectivity index (χ4v) is 5.84. The molecular formula is C34H37ClFN5O3. The van der Waals surface area contributed by atoms with Gasteiger partial charge in [-0.2, -0.15) is 0 Å². The van der Waals surface area contributed by atoms with E-state index in [-0.39, 0.29) is 24.8 Å². The van der Waals surface area contributed by atoms with E-state index in [2.05, 4.69) is 34.3 Å². The number of nitrogens with one attached hydrogen (secondary N) is 1.